The summed E-state index contributed by atoms with van der Waals surface area (Å²) >= 11 is 5.87. The maximum atomic E-state index is 11.8. The van der Waals surface area contributed by atoms with E-state index in [1.807, 2.05) is 13.2 Å². The third kappa shape index (κ3) is 2.82. The van der Waals surface area contributed by atoms with E-state index in [-0.39, 0.29) is 5.91 Å². The first-order valence-electron chi connectivity index (χ1n) is 5.02. The number of hydrogen-bond acceptors (Lipinski definition) is 3. The van der Waals surface area contributed by atoms with Crippen LogP contribution in [0.5, 0.6) is 0 Å². The lowest BCUT2D eigenvalue weighted by molar-refractivity contribution is 0.0951. The number of aryl methyl sites for hydroxylation is 1. The van der Waals surface area contributed by atoms with Crippen LogP contribution in [-0.2, 0) is 13.6 Å². The Balaban J connectivity index is 2.01. The summed E-state index contributed by atoms with van der Waals surface area (Å²) in [7, 11) is 1.82. The lowest BCUT2D eigenvalue weighted by Crippen LogP contribution is -2.22. The van der Waals surface area contributed by atoms with E-state index in [0.717, 1.165) is 5.56 Å². The summed E-state index contributed by atoms with van der Waals surface area (Å²) < 4.78 is 1.68. The van der Waals surface area contributed by atoms with E-state index >= 15 is 0 Å². The Labute approximate surface area is 103 Å². The van der Waals surface area contributed by atoms with Crippen LogP contribution in [0.3, 0.4) is 0 Å². The Morgan fingerprint density at radius 1 is 1.53 bits per heavy atom. The zero-order valence-corrected chi connectivity index (χ0v) is 9.98. The first kappa shape index (κ1) is 11.6. The molecule has 1 amide bonds. The van der Waals surface area contributed by atoms with Crippen molar-refractivity contribution in [1.82, 2.24) is 20.1 Å². The van der Waals surface area contributed by atoms with Crippen molar-refractivity contribution in [2.75, 3.05) is 0 Å². The minimum absolute atomic E-state index is 0.221. The molecule has 2 rings (SSSR count). The van der Waals surface area contributed by atoms with Crippen molar-refractivity contribution in [2.45, 2.75) is 6.54 Å². The minimum atomic E-state index is -0.221. The molecule has 2 heterocycles. The van der Waals surface area contributed by atoms with Gasteiger partial charge in [-0.25, -0.2) is 0 Å². The summed E-state index contributed by atoms with van der Waals surface area (Å²) in [5.41, 5.74) is 1.36. The number of nitrogens with zero attached hydrogens (tertiary/aromatic N) is 3. The molecule has 0 aliphatic rings. The molecule has 5 nitrogen and oxygen atoms in total. The predicted octanol–water partition coefficient (Wildman–Crippen LogP) is 1.40. The number of halogens is 1. The van der Waals surface area contributed by atoms with Gasteiger partial charge in [0, 0.05) is 37.7 Å². The van der Waals surface area contributed by atoms with Crippen LogP contribution in [0.25, 0.3) is 0 Å². The molecule has 0 spiro atoms. The lowest BCUT2D eigenvalue weighted by Gasteiger charge is -2.04. The zero-order chi connectivity index (χ0) is 12.3. The van der Waals surface area contributed by atoms with Gasteiger partial charge in [0.2, 0.25) is 0 Å². The fourth-order valence-electron chi connectivity index (χ4n) is 1.40. The Morgan fingerprint density at radius 2 is 2.35 bits per heavy atom. The number of hydrogen-bond donors (Lipinski definition) is 1. The van der Waals surface area contributed by atoms with Crippen LogP contribution in [-0.4, -0.2) is 20.7 Å². The molecule has 0 unspecified atom stereocenters. The molecule has 0 saturated heterocycles. The molecule has 88 valence electrons. The van der Waals surface area contributed by atoms with Crippen molar-refractivity contribution in [2.24, 2.45) is 7.05 Å². The van der Waals surface area contributed by atoms with Crippen LogP contribution < -0.4 is 5.32 Å². The van der Waals surface area contributed by atoms with Crippen molar-refractivity contribution in [3.63, 3.8) is 0 Å². The van der Waals surface area contributed by atoms with Crippen LogP contribution in [0.2, 0.25) is 5.02 Å². The maximum Gasteiger partial charge on any atom is 0.253 e. The van der Waals surface area contributed by atoms with Gasteiger partial charge < -0.3 is 5.32 Å². The quantitative estimate of drug-likeness (QED) is 0.896. The van der Waals surface area contributed by atoms with Crippen LogP contribution in [0.4, 0.5) is 0 Å². The molecule has 0 saturated carbocycles. The van der Waals surface area contributed by atoms with E-state index in [1.165, 1.54) is 12.4 Å². The largest absolute Gasteiger partial charge is 0.348 e. The normalized spacial score (nSPS) is 10.2. The fraction of sp³-hybridized carbons (Fsp3) is 0.182. The van der Waals surface area contributed by atoms with Crippen LogP contribution in [0.1, 0.15) is 15.9 Å². The summed E-state index contributed by atoms with van der Waals surface area (Å²) in [5.74, 6) is -0.221. The molecule has 0 aliphatic carbocycles. The molecule has 2 aromatic heterocycles. The van der Waals surface area contributed by atoms with Crippen molar-refractivity contribution < 1.29 is 4.79 Å². The molecular formula is C11H11ClN4O. The molecule has 6 heteroatoms. The molecule has 0 atom stereocenters. The van der Waals surface area contributed by atoms with Gasteiger partial charge in [-0.05, 0) is 6.07 Å². The van der Waals surface area contributed by atoms with Crippen molar-refractivity contribution in [3.05, 3.63) is 47.0 Å². The summed E-state index contributed by atoms with van der Waals surface area (Å²) in [6, 6.07) is 1.58. The summed E-state index contributed by atoms with van der Waals surface area (Å²) in [6.45, 7) is 0.422. The third-order valence-corrected chi connectivity index (χ3v) is 2.53. The first-order chi connectivity index (χ1) is 8.16. The minimum Gasteiger partial charge on any atom is -0.348 e. The van der Waals surface area contributed by atoms with Gasteiger partial charge in [-0.1, -0.05) is 11.6 Å². The van der Waals surface area contributed by atoms with Crippen molar-refractivity contribution in [1.29, 1.82) is 0 Å². The van der Waals surface area contributed by atoms with E-state index in [1.54, 1.807) is 16.9 Å². The first-order valence-corrected chi connectivity index (χ1v) is 5.40. The second-order valence-corrected chi connectivity index (χ2v) is 3.97. The highest BCUT2D eigenvalue weighted by molar-refractivity contribution is 6.33. The van der Waals surface area contributed by atoms with Gasteiger partial charge in [-0.3, -0.25) is 14.5 Å². The second-order valence-electron chi connectivity index (χ2n) is 3.56. The third-order valence-electron chi connectivity index (χ3n) is 2.23. The van der Waals surface area contributed by atoms with Crippen LogP contribution >= 0.6 is 11.6 Å². The van der Waals surface area contributed by atoms with Gasteiger partial charge in [-0.15, -0.1) is 0 Å². The van der Waals surface area contributed by atoms with E-state index in [4.69, 9.17) is 11.6 Å². The highest BCUT2D eigenvalue weighted by Crippen LogP contribution is 2.13. The van der Waals surface area contributed by atoms with Gasteiger partial charge in [0.1, 0.15) is 0 Å². The number of amides is 1. The smallest absolute Gasteiger partial charge is 0.253 e. The van der Waals surface area contributed by atoms with Gasteiger partial charge in [-0.2, -0.15) is 5.10 Å². The highest BCUT2D eigenvalue weighted by Gasteiger charge is 2.09. The molecule has 0 aliphatic heterocycles. The van der Waals surface area contributed by atoms with E-state index in [2.05, 4.69) is 15.4 Å². The number of rotatable bonds is 3. The number of carbonyl (C=O) groups excluding carboxylic acids is 1. The van der Waals surface area contributed by atoms with Crippen molar-refractivity contribution in [3.8, 4) is 0 Å². The van der Waals surface area contributed by atoms with Crippen LogP contribution in [0.15, 0.2) is 30.9 Å². The molecule has 1 N–H and O–H groups in total. The van der Waals surface area contributed by atoms with Gasteiger partial charge >= 0.3 is 0 Å². The summed E-state index contributed by atoms with van der Waals surface area (Å²) in [4.78, 5) is 15.6. The Kier molecular flexibility index (Phi) is 3.39. The van der Waals surface area contributed by atoms with E-state index in [9.17, 15) is 4.79 Å². The monoisotopic (exact) mass is 250 g/mol. The Morgan fingerprint density at radius 3 is 3.00 bits per heavy atom. The Hall–Kier alpha value is -1.88. The van der Waals surface area contributed by atoms with E-state index in [0.29, 0.717) is 17.1 Å². The predicted molar refractivity (Wildman–Crippen MR) is 63.6 cm³/mol. The average molecular weight is 251 g/mol. The maximum absolute atomic E-state index is 11.8. The zero-order valence-electron chi connectivity index (χ0n) is 9.22. The highest BCUT2D eigenvalue weighted by atomic mass is 35.5. The van der Waals surface area contributed by atoms with Gasteiger partial charge in [0.25, 0.3) is 5.91 Å². The lowest BCUT2D eigenvalue weighted by atomic mass is 10.2. The topological polar surface area (TPSA) is 59.8 Å². The van der Waals surface area contributed by atoms with Gasteiger partial charge in [0.05, 0.1) is 16.8 Å². The molecule has 17 heavy (non-hydrogen) atoms. The molecule has 2 aromatic rings. The molecule has 0 bridgehead atoms. The SMILES string of the molecule is Cn1cc(CNC(=O)c2ccncc2Cl)cn1. The second kappa shape index (κ2) is 4.97. The van der Waals surface area contributed by atoms with Crippen molar-refractivity contribution >= 4 is 17.5 Å². The standard InChI is InChI=1S/C11H11ClN4O/c1-16-7-8(5-15-16)4-14-11(17)9-2-3-13-6-10(9)12/h2-3,5-7H,4H2,1H3,(H,14,17). The molecule has 0 aromatic carbocycles. The number of nitrogens with one attached hydrogen (secondary N) is 1. The number of aromatic nitrogens is 3. The number of pyridine rings is 1. The van der Waals surface area contributed by atoms with E-state index < -0.39 is 0 Å². The fourth-order valence-corrected chi connectivity index (χ4v) is 1.61. The summed E-state index contributed by atoms with van der Waals surface area (Å²) in [6.07, 6.45) is 6.52. The molecular weight excluding hydrogens is 240 g/mol. The molecule has 0 fully saturated rings. The molecule has 0 radical (unpaired) electrons. The van der Waals surface area contributed by atoms with Gasteiger partial charge in [0.15, 0.2) is 0 Å². The Bertz CT molecular complexity index is 538. The number of carbonyl (C=O) groups is 1. The average Bonchev–Trinajstić information content (AvgIpc) is 2.73. The summed E-state index contributed by atoms with van der Waals surface area (Å²) in [5, 5.41) is 7.12. The van der Waals surface area contributed by atoms with Crippen LogP contribution in [0, 0.1) is 0 Å².